The monoisotopic (exact) mass is 470 g/mol. The van der Waals surface area contributed by atoms with Crippen LogP contribution in [0.4, 0.5) is 0 Å². The van der Waals surface area contributed by atoms with Crippen LogP contribution in [-0.4, -0.2) is 24.9 Å². The Labute approximate surface area is 204 Å². The summed E-state index contributed by atoms with van der Waals surface area (Å²) in [5.41, 5.74) is 14.0. The summed E-state index contributed by atoms with van der Waals surface area (Å²) in [7, 11) is 0. The average Bonchev–Trinajstić information content (AvgIpc) is 3.30. The van der Waals surface area contributed by atoms with Gasteiger partial charge < -0.3 is 25.4 Å². The van der Waals surface area contributed by atoms with E-state index in [2.05, 4.69) is 0 Å². The fourth-order valence-corrected chi connectivity index (χ4v) is 3.75. The predicted molar refractivity (Wildman–Crippen MR) is 140 cm³/mol. The molecule has 0 spiro atoms. The molecule has 0 saturated heterocycles. The molecule has 0 unspecified atom stereocenters. The molecule has 0 radical (unpaired) electrons. The van der Waals surface area contributed by atoms with Crippen molar-refractivity contribution < 1.29 is 13.9 Å². The van der Waals surface area contributed by atoms with E-state index in [9.17, 15) is 0 Å². The number of hydrogen-bond donors (Lipinski definition) is 4. The van der Waals surface area contributed by atoms with E-state index < -0.39 is 0 Å². The molecular weight excluding hydrogens is 440 g/mol. The second kappa shape index (κ2) is 11.2. The van der Waals surface area contributed by atoms with Gasteiger partial charge in [-0.2, -0.15) is 0 Å². The van der Waals surface area contributed by atoms with Crippen LogP contribution in [0, 0.1) is 10.8 Å². The first-order chi connectivity index (χ1) is 17.0. The largest absolute Gasteiger partial charge is 0.494 e. The maximum atomic E-state index is 7.59. The summed E-state index contributed by atoms with van der Waals surface area (Å²) in [5.74, 6) is 2.44. The van der Waals surface area contributed by atoms with Crippen LogP contribution in [0.2, 0.25) is 0 Å². The zero-order valence-corrected chi connectivity index (χ0v) is 19.6. The van der Waals surface area contributed by atoms with Gasteiger partial charge in [-0.05, 0) is 74.2 Å². The summed E-state index contributed by atoms with van der Waals surface area (Å²) in [6, 6.07) is 22.7. The second-order valence-corrected chi connectivity index (χ2v) is 8.35. The molecule has 180 valence electrons. The van der Waals surface area contributed by atoms with Gasteiger partial charge in [0.15, 0.2) is 0 Å². The summed E-state index contributed by atoms with van der Waals surface area (Å²) in [6.07, 6.45) is 4.07. The number of nitrogen functional groups attached to an aromatic ring is 2. The molecule has 7 nitrogen and oxygen atoms in total. The van der Waals surface area contributed by atoms with Crippen molar-refractivity contribution in [2.45, 2.75) is 25.7 Å². The van der Waals surface area contributed by atoms with Crippen molar-refractivity contribution in [3.8, 4) is 22.8 Å². The van der Waals surface area contributed by atoms with Crippen molar-refractivity contribution in [1.29, 1.82) is 10.8 Å². The first kappa shape index (κ1) is 23.9. The number of ether oxygens (including phenoxy) is 2. The zero-order chi connectivity index (χ0) is 24.6. The minimum absolute atomic E-state index is 0.0215. The van der Waals surface area contributed by atoms with Crippen molar-refractivity contribution in [1.82, 2.24) is 0 Å². The number of benzene rings is 3. The van der Waals surface area contributed by atoms with E-state index in [4.69, 9.17) is 36.2 Å². The summed E-state index contributed by atoms with van der Waals surface area (Å²) < 4.78 is 17.7. The maximum absolute atomic E-state index is 7.59. The Bertz CT molecular complexity index is 1310. The summed E-state index contributed by atoms with van der Waals surface area (Å²) in [6.45, 7) is 1.31. The Morgan fingerprint density at radius 3 is 2.03 bits per heavy atom. The van der Waals surface area contributed by atoms with E-state index in [-0.39, 0.29) is 11.7 Å². The van der Waals surface area contributed by atoms with Crippen LogP contribution in [-0.2, 0) is 0 Å². The lowest BCUT2D eigenvalue weighted by Crippen LogP contribution is -2.10. The van der Waals surface area contributed by atoms with E-state index in [0.717, 1.165) is 53.9 Å². The summed E-state index contributed by atoms with van der Waals surface area (Å²) in [5, 5.41) is 16.0. The van der Waals surface area contributed by atoms with Gasteiger partial charge in [-0.15, -0.1) is 0 Å². The van der Waals surface area contributed by atoms with Crippen LogP contribution in [0.3, 0.4) is 0 Å². The Kier molecular flexibility index (Phi) is 7.67. The van der Waals surface area contributed by atoms with Crippen molar-refractivity contribution in [2.24, 2.45) is 11.5 Å². The van der Waals surface area contributed by atoms with Gasteiger partial charge in [0.25, 0.3) is 0 Å². The minimum Gasteiger partial charge on any atom is -0.494 e. The molecule has 4 aromatic rings. The quantitative estimate of drug-likeness (QED) is 0.120. The molecule has 0 bridgehead atoms. The summed E-state index contributed by atoms with van der Waals surface area (Å²) in [4.78, 5) is 0. The third-order valence-corrected chi connectivity index (χ3v) is 5.69. The lowest BCUT2D eigenvalue weighted by atomic mass is 10.1. The highest BCUT2D eigenvalue weighted by atomic mass is 16.5. The topological polar surface area (TPSA) is 131 Å². The average molecular weight is 471 g/mol. The molecule has 0 aliphatic carbocycles. The van der Waals surface area contributed by atoms with E-state index in [1.807, 2.05) is 54.6 Å². The first-order valence-electron chi connectivity index (χ1n) is 11.7. The Hall–Kier alpha value is -4.26. The number of amidine groups is 2. The normalized spacial score (nSPS) is 10.9. The highest BCUT2D eigenvalue weighted by Gasteiger charge is 2.09. The SMILES string of the molecule is N=C(N)c1ccc(OCCCCCCOc2cccc(-c3cc4ccc(C(=N)N)cc4o3)c2)cc1. The van der Waals surface area contributed by atoms with Crippen LogP contribution in [0.15, 0.2) is 77.2 Å². The van der Waals surface area contributed by atoms with Crippen LogP contribution in [0.1, 0.15) is 36.8 Å². The van der Waals surface area contributed by atoms with Gasteiger partial charge in [0.05, 0.1) is 13.2 Å². The molecule has 0 aliphatic rings. The molecule has 0 saturated carbocycles. The van der Waals surface area contributed by atoms with E-state index in [1.54, 1.807) is 18.2 Å². The molecule has 0 amide bonds. The maximum Gasteiger partial charge on any atom is 0.135 e. The van der Waals surface area contributed by atoms with E-state index in [1.165, 1.54) is 0 Å². The van der Waals surface area contributed by atoms with Gasteiger partial charge >= 0.3 is 0 Å². The third kappa shape index (κ3) is 6.41. The van der Waals surface area contributed by atoms with Gasteiger partial charge in [0, 0.05) is 22.1 Å². The van der Waals surface area contributed by atoms with Crippen molar-refractivity contribution in [3.63, 3.8) is 0 Å². The Morgan fingerprint density at radius 2 is 1.34 bits per heavy atom. The highest BCUT2D eigenvalue weighted by molar-refractivity contribution is 5.98. The highest BCUT2D eigenvalue weighted by Crippen LogP contribution is 2.30. The third-order valence-electron chi connectivity index (χ3n) is 5.69. The molecule has 0 atom stereocenters. The van der Waals surface area contributed by atoms with Crippen molar-refractivity contribution >= 4 is 22.6 Å². The van der Waals surface area contributed by atoms with Crippen molar-refractivity contribution in [2.75, 3.05) is 13.2 Å². The van der Waals surface area contributed by atoms with Crippen LogP contribution in [0.25, 0.3) is 22.3 Å². The predicted octanol–water partition coefficient (Wildman–Crippen LogP) is 5.69. The van der Waals surface area contributed by atoms with E-state index in [0.29, 0.717) is 29.9 Å². The lowest BCUT2D eigenvalue weighted by molar-refractivity contribution is 0.287. The van der Waals surface area contributed by atoms with Crippen LogP contribution in [0.5, 0.6) is 11.5 Å². The summed E-state index contributed by atoms with van der Waals surface area (Å²) >= 11 is 0. The van der Waals surface area contributed by atoms with Gasteiger partial charge in [-0.1, -0.05) is 24.3 Å². The standard InChI is InChI=1S/C28H30N4O3/c29-27(30)19-10-12-23(13-11-19)33-14-3-1-2-4-15-34-24-7-5-6-20(16-24)25-17-21-8-9-22(28(31)32)18-26(21)35-25/h5-13,16-18H,1-4,14-15H2,(H3,29,30)(H3,31,32). The molecule has 0 aliphatic heterocycles. The molecule has 7 heteroatoms. The molecular formula is C28H30N4O3. The van der Waals surface area contributed by atoms with Crippen molar-refractivity contribution in [3.05, 3.63) is 83.9 Å². The molecule has 3 aromatic carbocycles. The van der Waals surface area contributed by atoms with Gasteiger partial charge in [0.2, 0.25) is 0 Å². The fourth-order valence-electron chi connectivity index (χ4n) is 3.75. The van der Waals surface area contributed by atoms with Crippen LogP contribution >= 0.6 is 0 Å². The van der Waals surface area contributed by atoms with Crippen LogP contribution < -0.4 is 20.9 Å². The number of nitrogens with one attached hydrogen (secondary N) is 2. The number of nitrogens with two attached hydrogens (primary N) is 2. The molecule has 1 heterocycles. The molecule has 0 fully saturated rings. The number of furan rings is 1. The number of unbranched alkanes of at least 4 members (excludes halogenated alkanes) is 3. The van der Waals surface area contributed by atoms with Gasteiger partial charge in [-0.25, -0.2) is 0 Å². The number of rotatable bonds is 12. The molecule has 35 heavy (non-hydrogen) atoms. The molecule has 6 N–H and O–H groups in total. The fraction of sp³-hybridized carbons (Fsp3) is 0.214. The minimum atomic E-state index is 0.0215. The zero-order valence-electron chi connectivity index (χ0n) is 19.6. The lowest BCUT2D eigenvalue weighted by Gasteiger charge is -2.08. The number of hydrogen-bond acceptors (Lipinski definition) is 5. The van der Waals surface area contributed by atoms with Gasteiger partial charge in [-0.3, -0.25) is 10.8 Å². The molecule has 1 aromatic heterocycles. The number of fused-ring (bicyclic) bond motifs is 1. The molecule has 4 rings (SSSR count). The van der Waals surface area contributed by atoms with Gasteiger partial charge in [0.1, 0.15) is 34.5 Å². The second-order valence-electron chi connectivity index (χ2n) is 8.35. The smallest absolute Gasteiger partial charge is 0.135 e. The Balaban J connectivity index is 1.19. The first-order valence-corrected chi connectivity index (χ1v) is 11.7. The van der Waals surface area contributed by atoms with E-state index >= 15 is 0 Å². The Morgan fingerprint density at radius 1 is 0.686 bits per heavy atom.